The average Bonchev–Trinajstić information content (AvgIpc) is 2.79. The Hall–Kier alpha value is -1.30. The molecule has 0 bridgehead atoms. The van der Waals surface area contributed by atoms with Gasteiger partial charge in [-0.05, 0) is 78.1 Å². The molecule has 0 N–H and O–H groups in total. The molecule has 6 atom stereocenters. The molecule has 0 spiro atoms. The minimum absolute atomic E-state index is 0.178. The van der Waals surface area contributed by atoms with Crippen molar-refractivity contribution in [2.45, 2.75) is 102 Å². The Bertz CT molecular complexity index is 677. The van der Waals surface area contributed by atoms with Gasteiger partial charge in [0.05, 0.1) is 35.7 Å². The Kier molecular flexibility index (Phi) is 13.5. The lowest BCUT2D eigenvalue weighted by atomic mass is 9.83. The van der Waals surface area contributed by atoms with Gasteiger partial charge in [0.1, 0.15) is 0 Å². The van der Waals surface area contributed by atoms with Gasteiger partial charge in [0.15, 0.2) is 12.6 Å². The molecule has 0 heterocycles. The van der Waals surface area contributed by atoms with Crippen LogP contribution in [0, 0.1) is 34.5 Å². The number of carbonyl (C=O) groups excluding carboxylic acids is 2. The van der Waals surface area contributed by atoms with Crippen LogP contribution in [-0.2, 0) is 28.5 Å². The lowest BCUT2D eigenvalue weighted by Gasteiger charge is -2.29. The molecule has 1 saturated carbocycles. The molecule has 1 aliphatic rings. The summed E-state index contributed by atoms with van der Waals surface area (Å²) in [5, 5.41) is 16.7. The maximum atomic E-state index is 11.9. The fourth-order valence-electron chi connectivity index (χ4n) is 3.50. The van der Waals surface area contributed by atoms with E-state index in [4.69, 9.17) is 29.5 Å². The van der Waals surface area contributed by atoms with Crippen molar-refractivity contribution in [2.75, 3.05) is 13.2 Å². The lowest BCUT2D eigenvalue weighted by Crippen LogP contribution is -2.27. The number of carbonyl (C=O) groups is 2. The molecule has 8 nitrogen and oxygen atoms in total. The maximum Gasteiger partial charge on any atom is 0.308 e. The molecule has 10 heteroatoms. The molecule has 0 aromatic rings. The fourth-order valence-corrected chi connectivity index (χ4v) is 3.79. The van der Waals surface area contributed by atoms with Crippen LogP contribution in [0.4, 0.5) is 0 Å². The summed E-state index contributed by atoms with van der Waals surface area (Å²) in [6, 6.07) is 4.28. The molecule has 34 heavy (non-hydrogen) atoms. The first-order valence-corrected chi connectivity index (χ1v) is 13.0. The van der Waals surface area contributed by atoms with Crippen LogP contribution in [-0.4, -0.2) is 48.0 Å². The third-order valence-corrected chi connectivity index (χ3v) is 6.74. The Morgan fingerprint density at radius 3 is 1.44 bits per heavy atom. The topological polar surface area (TPSA) is 119 Å². The molecule has 0 saturated heterocycles. The first-order chi connectivity index (χ1) is 15.9. The number of rotatable bonds is 14. The van der Waals surface area contributed by atoms with E-state index in [-0.39, 0.29) is 24.8 Å². The van der Waals surface area contributed by atoms with Crippen LogP contribution in [0.3, 0.4) is 0 Å². The second-order valence-electron chi connectivity index (χ2n) is 9.73. The molecule has 0 amide bonds. The molecular formula is C24H40N2O6P2. The van der Waals surface area contributed by atoms with Crippen LogP contribution in [0.2, 0.25) is 0 Å². The van der Waals surface area contributed by atoms with Crippen LogP contribution in [0.25, 0.3) is 0 Å². The van der Waals surface area contributed by atoms with Crippen molar-refractivity contribution in [1.29, 1.82) is 10.5 Å². The maximum absolute atomic E-state index is 11.9. The van der Waals surface area contributed by atoms with Gasteiger partial charge in [0.25, 0.3) is 0 Å². The van der Waals surface area contributed by atoms with E-state index in [1.807, 2.05) is 0 Å². The Labute approximate surface area is 208 Å². The number of nitrogens with zero attached hydrogens (tertiary/aromatic N) is 2. The van der Waals surface area contributed by atoms with Crippen molar-refractivity contribution in [1.82, 2.24) is 0 Å². The predicted octanol–water partition coefficient (Wildman–Crippen LogP) is 4.48. The first-order valence-electron chi connectivity index (χ1n) is 11.9. The van der Waals surface area contributed by atoms with Gasteiger partial charge in [-0.1, -0.05) is 0 Å². The van der Waals surface area contributed by atoms with Crippen molar-refractivity contribution in [2.24, 2.45) is 11.8 Å². The lowest BCUT2D eigenvalue weighted by molar-refractivity contribution is -0.181. The monoisotopic (exact) mass is 514 g/mol. The average molecular weight is 515 g/mol. The van der Waals surface area contributed by atoms with Crippen LogP contribution < -0.4 is 0 Å². The van der Waals surface area contributed by atoms with E-state index in [1.165, 1.54) is 0 Å². The van der Waals surface area contributed by atoms with E-state index < -0.39 is 22.9 Å². The Balaban J connectivity index is 2.18. The van der Waals surface area contributed by atoms with Gasteiger partial charge >= 0.3 is 11.9 Å². The van der Waals surface area contributed by atoms with Gasteiger partial charge in [-0.3, -0.25) is 9.59 Å². The summed E-state index contributed by atoms with van der Waals surface area (Å²) in [5.74, 6) is 0.0883. The second kappa shape index (κ2) is 15.0. The molecule has 1 fully saturated rings. The highest BCUT2D eigenvalue weighted by Crippen LogP contribution is 2.30. The Morgan fingerprint density at radius 1 is 0.824 bits per heavy atom. The van der Waals surface area contributed by atoms with E-state index in [0.29, 0.717) is 37.9 Å². The standard InChI is InChI=1S/C24H40N2O6P2/c1-17(31-21(27)9-11-23(3,33)15-25)29-13-19-5-7-20(8-6-19)14-30-18(2)32-22(28)10-12-24(4,34)16-26/h17-20H,5-14,33-34H2,1-4H3. The summed E-state index contributed by atoms with van der Waals surface area (Å²) in [6.07, 6.45) is 3.96. The zero-order chi connectivity index (χ0) is 25.8. The molecule has 0 aromatic heterocycles. The van der Waals surface area contributed by atoms with Gasteiger partial charge < -0.3 is 18.9 Å². The van der Waals surface area contributed by atoms with Crippen molar-refractivity contribution in [3.8, 4) is 12.1 Å². The minimum Gasteiger partial charge on any atom is -0.436 e. The summed E-state index contributed by atoms with van der Waals surface area (Å²) in [6.45, 7) is 8.02. The van der Waals surface area contributed by atoms with E-state index in [9.17, 15) is 9.59 Å². The van der Waals surface area contributed by atoms with Crippen molar-refractivity contribution < 1.29 is 28.5 Å². The zero-order valence-corrected chi connectivity index (χ0v) is 23.2. The van der Waals surface area contributed by atoms with Crippen molar-refractivity contribution >= 4 is 30.4 Å². The van der Waals surface area contributed by atoms with Crippen molar-refractivity contribution in [3.63, 3.8) is 0 Å². The summed E-state index contributed by atoms with van der Waals surface area (Å²) < 4.78 is 22.0. The summed E-state index contributed by atoms with van der Waals surface area (Å²) in [7, 11) is 4.90. The molecule has 6 unspecified atom stereocenters. The highest BCUT2D eigenvalue weighted by atomic mass is 31.0. The van der Waals surface area contributed by atoms with E-state index in [0.717, 1.165) is 25.7 Å². The fraction of sp³-hybridized carbons (Fsp3) is 0.833. The Morgan fingerprint density at radius 2 is 1.15 bits per heavy atom. The highest BCUT2D eigenvalue weighted by Gasteiger charge is 2.25. The third kappa shape index (κ3) is 13.6. The third-order valence-electron chi connectivity index (χ3n) is 5.90. The predicted molar refractivity (Wildman–Crippen MR) is 134 cm³/mol. The summed E-state index contributed by atoms with van der Waals surface area (Å²) >= 11 is 0. The summed E-state index contributed by atoms with van der Waals surface area (Å²) in [5.41, 5.74) is 0. The molecular weight excluding hydrogens is 474 g/mol. The number of esters is 2. The van der Waals surface area contributed by atoms with Crippen LogP contribution in [0.15, 0.2) is 0 Å². The highest BCUT2D eigenvalue weighted by molar-refractivity contribution is 7.19. The van der Waals surface area contributed by atoms with E-state index >= 15 is 0 Å². The number of hydrogen-bond acceptors (Lipinski definition) is 8. The molecule has 0 aromatic carbocycles. The second-order valence-corrected chi connectivity index (χ2v) is 12.3. The normalized spacial score (nSPS) is 23.3. The van der Waals surface area contributed by atoms with Gasteiger partial charge in [0.2, 0.25) is 0 Å². The molecule has 1 aliphatic carbocycles. The van der Waals surface area contributed by atoms with E-state index in [1.54, 1.807) is 27.7 Å². The number of hydrogen-bond donors (Lipinski definition) is 0. The van der Waals surface area contributed by atoms with Gasteiger partial charge in [-0.25, -0.2) is 0 Å². The summed E-state index contributed by atoms with van der Waals surface area (Å²) in [4.78, 5) is 23.8. The largest absolute Gasteiger partial charge is 0.436 e. The number of ether oxygens (including phenoxy) is 4. The van der Waals surface area contributed by atoms with Crippen LogP contribution in [0.5, 0.6) is 0 Å². The SMILES string of the molecule is CC(OCC1CCC(COC(C)OC(=O)CCC(C)(P)C#N)CC1)OC(=O)CCC(C)(P)C#N. The molecule has 192 valence electrons. The number of nitriles is 2. The smallest absolute Gasteiger partial charge is 0.308 e. The van der Waals surface area contributed by atoms with Gasteiger partial charge in [-0.2, -0.15) is 10.5 Å². The molecule has 0 aliphatic heterocycles. The van der Waals surface area contributed by atoms with Crippen LogP contribution >= 0.6 is 18.5 Å². The van der Waals surface area contributed by atoms with Gasteiger partial charge in [-0.15, -0.1) is 18.5 Å². The quantitative estimate of drug-likeness (QED) is 0.189. The zero-order valence-electron chi connectivity index (χ0n) is 20.9. The van der Waals surface area contributed by atoms with E-state index in [2.05, 4.69) is 30.6 Å². The first kappa shape index (κ1) is 30.7. The minimum atomic E-state index is -0.626. The van der Waals surface area contributed by atoms with Crippen LogP contribution in [0.1, 0.15) is 79.1 Å². The van der Waals surface area contributed by atoms with Gasteiger partial charge in [0, 0.05) is 12.8 Å². The molecule has 0 radical (unpaired) electrons. The van der Waals surface area contributed by atoms with Crippen molar-refractivity contribution in [3.05, 3.63) is 0 Å². The molecule has 1 rings (SSSR count).